The van der Waals surface area contributed by atoms with E-state index < -0.39 is 0 Å². The Morgan fingerprint density at radius 2 is 1.30 bits per heavy atom. The summed E-state index contributed by atoms with van der Waals surface area (Å²) in [5.74, 6) is 6.47. The monoisotopic (exact) mass is 406 g/mol. The molecule has 0 atom stereocenters. The average molecular weight is 407 g/mol. The zero-order valence-corrected chi connectivity index (χ0v) is 17.3. The van der Waals surface area contributed by atoms with Gasteiger partial charge in [-0.25, -0.2) is 0 Å². The van der Waals surface area contributed by atoms with E-state index in [2.05, 4.69) is 49.1 Å². The van der Waals surface area contributed by atoms with Crippen LogP contribution in [0.15, 0.2) is 97.1 Å². The standard InChI is InChI=1S/C28H19ClO/c1-20-6-11-23(12-7-20)27-5-3-2-4-22(27)13-8-21-9-14-24(15-10-21)28(30)25-16-18-26(29)19-17-25/h2-7,9-12,14-19H,1H3. The van der Waals surface area contributed by atoms with Crippen LogP contribution in [0.25, 0.3) is 11.1 Å². The highest BCUT2D eigenvalue weighted by molar-refractivity contribution is 6.30. The number of benzene rings is 4. The molecule has 0 aliphatic heterocycles. The molecule has 0 amide bonds. The first-order chi connectivity index (χ1) is 14.6. The average Bonchev–Trinajstić information content (AvgIpc) is 2.79. The zero-order valence-electron chi connectivity index (χ0n) is 16.5. The molecule has 0 aromatic heterocycles. The van der Waals surface area contributed by atoms with Crippen molar-refractivity contribution in [2.75, 3.05) is 0 Å². The number of aryl methyl sites for hydroxylation is 1. The van der Waals surface area contributed by atoms with Crippen molar-refractivity contribution in [2.45, 2.75) is 6.92 Å². The Kier molecular flexibility index (Phi) is 5.80. The maximum atomic E-state index is 12.6. The Bertz CT molecular complexity index is 1240. The molecule has 4 rings (SSSR count). The number of hydrogen-bond acceptors (Lipinski definition) is 1. The fourth-order valence-electron chi connectivity index (χ4n) is 3.19. The number of carbonyl (C=O) groups is 1. The molecule has 0 spiro atoms. The highest BCUT2D eigenvalue weighted by Gasteiger charge is 2.08. The van der Waals surface area contributed by atoms with Crippen LogP contribution in [-0.4, -0.2) is 5.78 Å². The van der Waals surface area contributed by atoms with E-state index >= 15 is 0 Å². The van der Waals surface area contributed by atoms with Crippen LogP contribution < -0.4 is 0 Å². The summed E-state index contributed by atoms with van der Waals surface area (Å²) in [6, 6.07) is 30.9. The van der Waals surface area contributed by atoms with Crippen LogP contribution in [-0.2, 0) is 0 Å². The second kappa shape index (κ2) is 8.82. The molecule has 144 valence electrons. The molecule has 0 saturated heterocycles. The summed E-state index contributed by atoms with van der Waals surface area (Å²) in [6.45, 7) is 2.08. The van der Waals surface area contributed by atoms with Gasteiger partial charge < -0.3 is 0 Å². The van der Waals surface area contributed by atoms with Crippen LogP contribution in [0.2, 0.25) is 5.02 Å². The summed E-state index contributed by atoms with van der Waals surface area (Å²) < 4.78 is 0. The first-order valence-electron chi connectivity index (χ1n) is 9.68. The Labute approximate surface area is 182 Å². The molecule has 0 saturated carbocycles. The summed E-state index contributed by atoms with van der Waals surface area (Å²) >= 11 is 5.90. The number of halogens is 1. The molecule has 0 aliphatic rings. The van der Waals surface area contributed by atoms with E-state index in [1.807, 2.05) is 42.5 Å². The smallest absolute Gasteiger partial charge is 0.193 e. The summed E-state index contributed by atoms with van der Waals surface area (Å²) in [5, 5.41) is 0.614. The zero-order chi connectivity index (χ0) is 20.9. The fraction of sp³-hybridized carbons (Fsp3) is 0.0357. The van der Waals surface area contributed by atoms with Gasteiger partial charge in [-0.05, 0) is 72.6 Å². The molecule has 0 aliphatic carbocycles. The lowest BCUT2D eigenvalue weighted by molar-refractivity contribution is 0.103. The van der Waals surface area contributed by atoms with Gasteiger partial charge in [0.2, 0.25) is 0 Å². The molecule has 0 fully saturated rings. The van der Waals surface area contributed by atoms with Gasteiger partial charge in [-0.2, -0.15) is 0 Å². The van der Waals surface area contributed by atoms with Crippen LogP contribution in [0.3, 0.4) is 0 Å². The first kappa shape index (κ1) is 19.7. The third-order valence-electron chi connectivity index (χ3n) is 4.88. The lowest BCUT2D eigenvalue weighted by Gasteiger charge is -2.05. The van der Waals surface area contributed by atoms with Crippen molar-refractivity contribution < 1.29 is 4.79 Å². The van der Waals surface area contributed by atoms with E-state index in [-0.39, 0.29) is 5.78 Å². The highest BCUT2D eigenvalue weighted by atomic mass is 35.5. The lowest BCUT2D eigenvalue weighted by atomic mass is 9.98. The molecule has 4 aromatic carbocycles. The van der Waals surface area contributed by atoms with Crippen molar-refractivity contribution in [1.29, 1.82) is 0 Å². The molecule has 2 heteroatoms. The van der Waals surface area contributed by atoms with Gasteiger partial charge in [-0.15, -0.1) is 0 Å². The molecular formula is C28H19ClO. The van der Waals surface area contributed by atoms with E-state index in [4.69, 9.17) is 11.6 Å². The Morgan fingerprint density at radius 1 is 0.700 bits per heavy atom. The van der Waals surface area contributed by atoms with Crippen molar-refractivity contribution in [1.82, 2.24) is 0 Å². The first-order valence-corrected chi connectivity index (χ1v) is 10.1. The predicted molar refractivity (Wildman–Crippen MR) is 124 cm³/mol. The van der Waals surface area contributed by atoms with E-state index in [1.165, 1.54) is 5.56 Å². The largest absolute Gasteiger partial charge is 0.289 e. The topological polar surface area (TPSA) is 17.1 Å². The number of carbonyl (C=O) groups excluding carboxylic acids is 1. The molecule has 0 N–H and O–H groups in total. The van der Waals surface area contributed by atoms with Gasteiger partial charge in [0, 0.05) is 27.3 Å². The minimum atomic E-state index is -0.0316. The van der Waals surface area contributed by atoms with Gasteiger partial charge in [0.05, 0.1) is 0 Å². The van der Waals surface area contributed by atoms with Gasteiger partial charge in [-0.3, -0.25) is 4.79 Å². The normalized spacial score (nSPS) is 10.2. The number of rotatable bonds is 3. The van der Waals surface area contributed by atoms with Crippen LogP contribution in [0.1, 0.15) is 32.6 Å². The molecule has 0 heterocycles. The van der Waals surface area contributed by atoms with Crippen molar-refractivity contribution >= 4 is 17.4 Å². The summed E-state index contributed by atoms with van der Waals surface area (Å²) in [4.78, 5) is 12.6. The van der Waals surface area contributed by atoms with Gasteiger partial charge in [0.1, 0.15) is 0 Å². The van der Waals surface area contributed by atoms with E-state index in [0.717, 1.165) is 22.3 Å². The SMILES string of the molecule is Cc1ccc(-c2ccccc2C#Cc2ccc(C(=O)c3ccc(Cl)cc3)cc2)cc1. The van der Waals surface area contributed by atoms with Crippen LogP contribution in [0, 0.1) is 18.8 Å². The minimum Gasteiger partial charge on any atom is -0.289 e. The van der Waals surface area contributed by atoms with Gasteiger partial charge in [0.15, 0.2) is 5.78 Å². The van der Waals surface area contributed by atoms with Gasteiger partial charge >= 0.3 is 0 Å². The highest BCUT2D eigenvalue weighted by Crippen LogP contribution is 2.23. The van der Waals surface area contributed by atoms with Crippen molar-refractivity contribution in [2.24, 2.45) is 0 Å². The van der Waals surface area contributed by atoms with Crippen LogP contribution in [0.5, 0.6) is 0 Å². The Morgan fingerprint density at radius 3 is 1.97 bits per heavy atom. The van der Waals surface area contributed by atoms with Crippen molar-refractivity contribution in [3.63, 3.8) is 0 Å². The van der Waals surface area contributed by atoms with E-state index in [9.17, 15) is 4.79 Å². The number of hydrogen-bond donors (Lipinski definition) is 0. The third kappa shape index (κ3) is 4.51. The van der Waals surface area contributed by atoms with Gasteiger partial charge in [0.25, 0.3) is 0 Å². The maximum absolute atomic E-state index is 12.6. The van der Waals surface area contributed by atoms with Crippen LogP contribution in [0.4, 0.5) is 0 Å². The Balaban J connectivity index is 1.58. The summed E-state index contributed by atoms with van der Waals surface area (Å²) in [5.41, 5.74) is 6.57. The predicted octanol–water partition coefficient (Wildman–Crippen LogP) is 6.95. The maximum Gasteiger partial charge on any atom is 0.193 e. The molecule has 1 nitrogen and oxygen atoms in total. The quantitative estimate of drug-likeness (QED) is 0.266. The minimum absolute atomic E-state index is 0.0316. The van der Waals surface area contributed by atoms with Crippen molar-refractivity contribution in [3.05, 3.63) is 130 Å². The van der Waals surface area contributed by atoms with Crippen LogP contribution >= 0.6 is 11.6 Å². The molecule has 0 unspecified atom stereocenters. The van der Waals surface area contributed by atoms with Crippen molar-refractivity contribution in [3.8, 4) is 23.0 Å². The summed E-state index contributed by atoms with van der Waals surface area (Å²) in [6.07, 6.45) is 0. The molecule has 0 bridgehead atoms. The van der Waals surface area contributed by atoms with E-state index in [0.29, 0.717) is 16.1 Å². The molecule has 0 radical (unpaired) electrons. The molecular weight excluding hydrogens is 388 g/mol. The number of ketones is 1. The Hall–Kier alpha value is -3.60. The molecule has 4 aromatic rings. The summed E-state index contributed by atoms with van der Waals surface area (Å²) in [7, 11) is 0. The van der Waals surface area contributed by atoms with Gasteiger partial charge in [-0.1, -0.05) is 71.5 Å². The lowest BCUT2D eigenvalue weighted by Crippen LogP contribution is -2.00. The third-order valence-corrected chi connectivity index (χ3v) is 5.14. The van der Waals surface area contributed by atoms with E-state index in [1.54, 1.807) is 24.3 Å². The second-order valence-corrected chi connectivity index (χ2v) is 7.51. The fourth-order valence-corrected chi connectivity index (χ4v) is 3.32. The molecule has 30 heavy (non-hydrogen) atoms. The second-order valence-electron chi connectivity index (χ2n) is 7.07.